The van der Waals surface area contributed by atoms with Crippen LogP contribution >= 0.6 is 46.1 Å². The summed E-state index contributed by atoms with van der Waals surface area (Å²) >= 11 is 20.1. The van der Waals surface area contributed by atoms with Gasteiger partial charge in [-0.3, -0.25) is 14.6 Å². The van der Waals surface area contributed by atoms with E-state index in [-0.39, 0.29) is 5.91 Å². The topological polar surface area (TPSA) is 45.7 Å². The van der Waals surface area contributed by atoms with Gasteiger partial charge >= 0.3 is 0 Å². The Labute approximate surface area is 200 Å². The van der Waals surface area contributed by atoms with Gasteiger partial charge in [0.2, 0.25) is 0 Å². The number of nitrogens with zero attached hydrogens (tertiary/aromatic N) is 3. The quantitative estimate of drug-likeness (QED) is 0.422. The molecule has 5 nitrogen and oxygen atoms in total. The number of ether oxygens (including phenoxy) is 1. The first-order chi connectivity index (χ1) is 14.9. The number of benzene rings is 2. The molecule has 0 unspecified atom stereocenters. The molecular weight excluding hydrogens is 477 g/mol. The predicted molar refractivity (Wildman–Crippen MR) is 129 cm³/mol. The van der Waals surface area contributed by atoms with Crippen molar-refractivity contribution in [2.24, 2.45) is 0 Å². The number of halogens is 3. The Hall–Kier alpha value is -1.41. The fourth-order valence-electron chi connectivity index (χ4n) is 3.57. The Balaban J connectivity index is 1.63. The summed E-state index contributed by atoms with van der Waals surface area (Å²) in [5.74, 6) is -0.188. The number of morpholine rings is 1. The highest BCUT2D eigenvalue weighted by Gasteiger charge is 2.24. The number of fused-ring (bicyclic) bond motifs is 1. The van der Waals surface area contributed by atoms with Gasteiger partial charge in [0, 0.05) is 36.2 Å². The van der Waals surface area contributed by atoms with E-state index in [0.29, 0.717) is 32.3 Å². The van der Waals surface area contributed by atoms with E-state index in [4.69, 9.17) is 44.5 Å². The first-order valence-electron chi connectivity index (χ1n) is 10.1. The third-order valence-corrected chi connectivity index (χ3v) is 7.33. The van der Waals surface area contributed by atoms with E-state index in [1.807, 2.05) is 19.1 Å². The smallest absolute Gasteiger partial charge is 0.261 e. The van der Waals surface area contributed by atoms with Crippen LogP contribution in [0.4, 0.5) is 5.13 Å². The molecule has 1 aromatic heterocycles. The van der Waals surface area contributed by atoms with Gasteiger partial charge in [-0.1, -0.05) is 46.1 Å². The van der Waals surface area contributed by atoms with Crippen molar-refractivity contribution in [3.8, 4) is 0 Å². The van der Waals surface area contributed by atoms with Gasteiger partial charge in [0.1, 0.15) is 0 Å². The summed E-state index contributed by atoms with van der Waals surface area (Å²) in [5.41, 5.74) is 2.14. The highest BCUT2D eigenvalue weighted by Crippen LogP contribution is 2.35. The summed E-state index contributed by atoms with van der Waals surface area (Å²) in [6.45, 7) is 6.68. The van der Waals surface area contributed by atoms with Crippen molar-refractivity contribution in [1.82, 2.24) is 9.88 Å². The molecule has 9 heteroatoms. The Morgan fingerprint density at radius 2 is 1.94 bits per heavy atom. The average molecular weight is 499 g/mol. The summed E-state index contributed by atoms with van der Waals surface area (Å²) in [5, 5.41) is 2.12. The zero-order valence-corrected chi connectivity index (χ0v) is 20.1. The number of aromatic nitrogens is 1. The zero-order valence-electron chi connectivity index (χ0n) is 17.0. The summed E-state index contributed by atoms with van der Waals surface area (Å²) in [4.78, 5) is 22.3. The van der Waals surface area contributed by atoms with Crippen molar-refractivity contribution >= 4 is 67.4 Å². The van der Waals surface area contributed by atoms with Gasteiger partial charge in [0.25, 0.3) is 5.91 Å². The van der Waals surface area contributed by atoms with Gasteiger partial charge in [-0.2, -0.15) is 0 Å². The van der Waals surface area contributed by atoms with Gasteiger partial charge in [0.15, 0.2) is 5.13 Å². The lowest BCUT2D eigenvalue weighted by Crippen LogP contribution is -2.39. The molecule has 2 heterocycles. The van der Waals surface area contributed by atoms with Crippen LogP contribution in [0.15, 0.2) is 30.3 Å². The number of rotatable bonds is 6. The molecule has 0 atom stereocenters. The van der Waals surface area contributed by atoms with Gasteiger partial charge in [-0.15, -0.1) is 0 Å². The Morgan fingerprint density at radius 1 is 1.16 bits per heavy atom. The Bertz CT molecular complexity index is 1100. The zero-order chi connectivity index (χ0) is 22.0. The van der Waals surface area contributed by atoms with Gasteiger partial charge in [-0.25, -0.2) is 4.98 Å². The molecule has 1 amide bonds. The standard InChI is InChI=1S/C22H22Cl3N3O2S/c1-14-17(24)5-6-19-20(14)26-22(31-19)28(8-2-7-27-9-11-30-12-10-27)21(29)16-4-3-15(23)13-18(16)25/h3-6,13H,2,7-12H2,1H3. The molecule has 31 heavy (non-hydrogen) atoms. The number of hydrogen-bond acceptors (Lipinski definition) is 5. The van der Waals surface area contributed by atoms with E-state index in [0.717, 1.165) is 55.0 Å². The van der Waals surface area contributed by atoms with Crippen LogP contribution in [0, 0.1) is 6.92 Å². The number of amides is 1. The highest BCUT2D eigenvalue weighted by atomic mass is 35.5. The van der Waals surface area contributed by atoms with Crippen LogP contribution < -0.4 is 4.90 Å². The van der Waals surface area contributed by atoms with E-state index in [1.54, 1.807) is 23.1 Å². The molecule has 0 saturated carbocycles. The molecule has 1 saturated heterocycles. The lowest BCUT2D eigenvalue weighted by atomic mass is 10.2. The van der Waals surface area contributed by atoms with Crippen LogP contribution in [0.1, 0.15) is 22.3 Å². The third-order valence-electron chi connectivity index (χ3n) is 5.33. The maximum atomic E-state index is 13.5. The van der Waals surface area contributed by atoms with Crippen LogP contribution in [0.25, 0.3) is 10.2 Å². The minimum atomic E-state index is -0.188. The van der Waals surface area contributed by atoms with Crippen LogP contribution in [0.3, 0.4) is 0 Å². The summed E-state index contributed by atoms with van der Waals surface area (Å²) in [7, 11) is 0. The minimum absolute atomic E-state index is 0.188. The fourth-order valence-corrected chi connectivity index (χ4v) is 5.27. The van der Waals surface area contributed by atoms with E-state index in [2.05, 4.69) is 4.90 Å². The predicted octanol–water partition coefficient (Wildman–Crippen LogP) is 5.93. The first kappa shape index (κ1) is 22.8. The molecule has 3 aromatic rings. The maximum absolute atomic E-state index is 13.5. The summed E-state index contributed by atoms with van der Waals surface area (Å²) < 4.78 is 6.41. The van der Waals surface area contributed by atoms with Gasteiger partial charge in [0.05, 0.1) is 34.0 Å². The molecule has 2 aromatic carbocycles. The molecule has 0 N–H and O–H groups in total. The lowest BCUT2D eigenvalue weighted by molar-refractivity contribution is 0.0376. The lowest BCUT2D eigenvalue weighted by Gasteiger charge is -2.27. The van der Waals surface area contributed by atoms with Crippen molar-refractivity contribution in [3.05, 3.63) is 56.5 Å². The number of aryl methyl sites for hydroxylation is 1. The normalized spacial score (nSPS) is 14.8. The van der Waals surface area contributed by atoms with Crippen LogP contribution in [-0.4, -0.2) is 55.2 Å². The van der Waals surface area contributed by atoms with Crippen LogP contribution in [-0.2, 0) is 4.74 Å². The first-order valence-corrected chi connectivity index (χ1v) is 12.0. The minimum Gasteiger partial charge on any atom is -0.379 e. The largest absolute Gasteiger partial charge is 0.379 e. The third kappa shape index (κ3) is 5.16. The van der Waals surface area contributed by atoms with Crippen LogP contribution in [0.5, 0.6) is 0 Å². The second-order valence-electron chi connectivity index (χ2n) is 7.40. The van der Waals surface area contributed by atoms with Crippen molar-refractivity contribution < 1.29 is 9.53 Å². The SMILES string of the molecule is Cc1c(Cl)ccc2sc(N(CCCN3CCOCC3)C(=O)c3ccc(Cl)cc3Cl)nc12. The molecule has 4 rings (SSSR count). The maximum Gasteiger partial charge on any atom is 0.261 e. The van der Waals surface area contributed by atoms with Crippen molar-refractivity contribution in [2.45, 2.75) is 13.3 Å². The van der Waals surface area contributed by atoms with E-state index < -0.39 is 0 Å². The summed E-state index contributed by atoms with van der Waals surface area (Å²) in [6, 6.07) is 8.73. The number of carbonyl (C=O) groups is 1. The second-order valence-corrected chi connectivity index (χ2v) is 9.66. The molecule has 1 aliphatic heterocycles. The summed E-state index contributed by atoms with van der Waals surface area (Å²) in [6.07, 6.45) is 0.812. The number of hydrogen-bond donors (Lipinski definition) is 0. The molecule has 0 spiro atoms. The van der Waals surface area contributed by atoms with Crippen molar-refractivity contribution in [3.63, 3.8) is 0 Å². The Morgan fingerprint density at radius 3 is 2.68 bits per heavy atom. The highest BCUT2D eigenvalue weighted by molar-refractivity contribution is 7.22. The molecule has 0 bridgehead atoms. The number of carbonyl (C=O) groups excluding carboxylic acids is 1. The monoisotopic (exact) mass is 497 g/mol. The van der Waals surface area contributed by atoms with Crippen molar-refractivity contribution in [1.29, 1.82) is 0 Å². The van der Waals surface area contributed by atoms with E-state index in [1.165, 1.54) is 11.3 Å². The number of anilines is 1. The van der Waals surface area contributed by atoms with E-state index >= 15 is 0 Å². The molecule has 1 fully saturated rings. The average Bonchev–Trinajstić information content (AvgIpc) is 3.19. The van der Waals surface area contributed by atoms with Gasteiger partial charge < -0.3 is 4.74 Å². The molecule has 164 valence electrons. The van der Waals surface area contributed by atoms with Crippen LogP contribution in [0.2, 0.25) is 15.1 Å². The molecule has 1 aliphatic rings. The molecule has 0 aliphatic carbocycles. The van der Waals surface area contributed by atoms with Gasteiger partial charge in [-0.05, 0) is 49.2 Å². The fraction of sp³-hybridized carbons (Fsp3) is 0.364. The van der Waals surface area contributed by atoms with E-state index in [9.17, 15) is 4.79 Å². The Kier molecular flexibility index (Phi) is 7.37. The second kappa shape index (κ2) is 10.0. The number of thiazole rings is 1. The van der Waals surface area contributed by atoms with Crippen molar-refractivity contribution in [2.75, 3.05) is 44.3 Å². The molecular formula is C22H22Cl3N3O2S. The molecule has 0 radical (unpaired) electrons.